The Balaban J connectivity index is 1.52. The Hall–Kier alpha value is -3.29. The second-order valence-corrected chi connectivity index (χ2v) is 9.85. The number of aryl methyl sites for hydroxylation is 1. The molecule has 0 aromatic heterocycles. The first kappa shape index (κ1) is 24.8. The minimum atomic E-state index is -1.17. The van der Waals surface area contributed by atoms with Crippen molar-refractivity contribution in [3.05, 3.63) is 58.6 Å². The van der Waals surface area contributed by atoms with Gasteiger partial charge in [-0.1, -0.05) is 26.0 Å². The number of hydrogen-bond acceptors (Lipinski definition) is 5. The lowest BCUT2D eigenvalue weighted by Crippen LogP contribution is -2.55. The molecule has 1 fully saturated rings. The molecule has 1 unspecified atom stereocenters. The molecule has 8 heteroatoms. The number of carbonyl (C=O) groups excluding carboxylic acids is 2. The predicted molar refractivity (Wildman–Crippen MR) is 129 cm³/mol. The summed E-state index contributed by atoms with van der Waals surface area (Å²) in [6, 6.07) is 4.41. The Labute approximate surface area is 205 Å². The van der Waals surface area contributed by atoms with Gasteiger partial charge >= 0.3 is 5.97 Å². The van der Waals surface area contributed by atoms with Crippen molar-refractivity contribution in [3.63, 3.8) is 0 Å². The van der Waals surface area contributed by atoms with Crippen molar-refractivity contribution in [2.45, 2.75) is 77.4 Å². The fourth-order valence-corrected chi connectivity index (χ4v) is 4.90. The molecule has 0 radical (unpaired) electrons. The molecule has 0 saturated carbocycles. The van der Waals surface area contributed by atoms with Crippen molar-refractivity contribution in [2.75, 3.05) is 6.61 Å². The molecule has 0 bridgehead atoms. The van der Waals surface area contributed by atoms with Gasteiger partial charge in [0.2, 0.25) is 5.91 Å². The zero-order valence-electron chi connectivity index (χ0n) is 20.4. The van der Waals surface area contributed by atoms with Crippen LogP contribution in [0.25, 0.3) is 0 Å². The number of carbonyl (C=O) groups is 3. The van der Waals surface area contributed by atoms with Gasteiger partial charge in [-0.2, -0.15) is 0 Å². The van der Waals surface area contributed by atoms with E-state index in [9.17, 15) is 19.5 Å². The zero-order chi connectivity index (χ0) is 24.9. The van der Waals surface area contributed by atoms with Crippen LogP contribution in [0, 0.1) is 5.92 Å². The van der Waals surface area contributed by atoms with Gasteiger partial charge in [0, 0.05) is 18.4 Å². The van der Waals surface area contributed by atoms with E-state index in [0.29, 0.717) is 18.6 Å². The molecular weight excluding hydrogens is 448 g/mol. The van der Waals surface area contributed by atoms with Crippen molar-refractivity contribution in [1.82, 2.24) is 10.4 Å². The summed E-state index contributed by atoms with van der Waals surface area (Å²) >= 11 is 0. The Morgan fingerprint density at radius 2 is 2.00 bits per heavy atom. The number of rotatable bonds is 8. The molecule has 8 nitrogen and oxygen atoms in total. The van der Waals surface area contributed by atoms with Crippen LogP contribution in [0.1, 0.15) is 73.9 Å². The molecule has 1 aromatic rings. The van der Waals surface area contributed by atoms with E-state index in [4.69, 9.17) is 9.47 Å². The summed E-state index contributed by atoms with van der Waals surface area (Å²) in [5.41, 5.74) is 6.00. The summed E-state index contributed by atoms with van der Waals surface area (Å²) in [7, 11) is 0. The average molecular weight is 483 g/mol. The highest BCUT2D eigenvalue weighted by molar-refractivity contribution is 5.99. The Morgan fingerprint density at radius 1 is 1.20 bits per heavy atom. The van der Waals surface area contributed by atoms with Gasteiger partial charge in [0.25, 0.3) is 5.91 Å². The van der Waals surface area contributed by atoms with E-state index in [2.05, 4.69) is 5.43 Å². The lowest BCUT2D eigenvalue weighted by atomic mass is 9.88. The molecule has 0 spiro atoms. The maximum Gasteiger partial charge on any atom is 0.328 e. The van der Waals surface area contributed by atoms with E-state index in [0.717, 1.165) is 59.6 Å². The van der Waals surface area contributed by atoms with Gasteiger partial charge in [0.05, 0.1) is 12.9 Å². The number of carboxylic acid groups (broad SMARTS) is 1. The van der Waals surface area contributed by atoms with E-state index in [1.165, 1.54) is 0 Å². The quantitative estimate of drug-likeness (QED) is 0.545. The highest BCUT2D eigenvalue weighted by Crippen LogP contribution is 2.29. The second-order valence-electron chi connectivity index (χ2n) is 9.85. The average Bonchev–Trinajstić information content (AvgIpc) is 3.32. The second kappa shape index (κ2) is 11.0. The molecule has 2 amide bonds. The lowest BCUT2D eigenvalue weighted by molar-refractivity contribution is -0.145. The maximum absolute atomic E-state index is 13.7. The Bertz CT molecular complexity index is 1040. The maximum atomic E-state index is 13.7. The van der Waals surface area contributed by atoms with Crippen LogP contribution >= 0.6 is 0 Å². The van der Waals surface area contributed by atoms with Crippen LogP contribution in [-0.2, 0) is 31.9 Å². The largest absolute Gasteiger partial charge is 0.494 e. The fraction of sp³-hybridized carbons (Fsp3) is 0.519. The summed E-state index contributed by atoms with van der Waals surface area (Å²) in [5.74, 6) is -1.25. The van der Waals surface area contributed by atoms with Gasteiger partial charge in [0.1, 0.15) is 5.76 Å². The molecule has 188 valence electrons. The Morgan fingerprint density at radius 3 is 2.77 bits per heavy atom. The molecular formula is C27H34N2O6. The van der Waals surface area contributed by atoms with Gasteiger partial charge < -0.3 is 14.6 Å². The third-order valence-corrected chi connectivity index (χ3v) is 6.70. The van der Waals surface area contributed by atoms with Crippen molar-refractivity contribution in [2.24, 2.45) is 5.92 Å². The number of allylic oxidation sites excluding steroid dienone is 2. The number of carboxylic acids is 1. The van der Waals surface area contributed by atoms with Gasteiger partial charge in [-0.15, -0.1) is 0 Å². The number of hydrazine groups is 1. The van der Waals surface area contributed by atoms with Gasteiger partial charge in [-0.25, -0.2) is 9.80 Å². The number of ether oxygens (including phenoxy) is 2. The van der Waals surface area contributed by atoms with E-state index in [1.54, 1.807) is 12.3 Å². The first-order valence-electron chi connectivity index (χ1n) is 12.5. The molecule has 4 rings (SSSR count). The molecule has 35 heavy (non-hydrogen) atoms. The Kier molecular flexibility index (Phi) is 7.78. The number of fused-ring (bicyclic) bond motifs is 2. The molecule has 2 N–H and O–H groups in total. The van der Waals surface area contributed by atoms with Crippen LogP contribution in [0.3, 0.4) is 0 Å². The highest BCUT2D eigenvalue weighted by atomic mass is 16.5. The fourth-order valence-electron chi connectivity index (χ4n) is 4.90. The smallest absolute Gasteiger partial charge is 0.328 e. The number of hydrogen-bond donors (Lipinski definition) is 2. The van der Waals surface area contributed by atoms with Crippen molar-refractivity contribution in [3.8, 4) is 0 Å². The summed E-state index contributed by atoms with van der Waals surface area (Å²) < 4.78 is 11.2. The van der Waals surface area contributed by atoms with Crippen LogP contribution in [0.4, 0.5) is 0 Å². The minimum Gasteiger partial charge on any atom is -0.494 e. The summed E-state index contributed by atoms with van der Waals surface area (Å²) in [6.07, 6.45) is 8.70. The van der Waals surface area contributed by atoms with Crippen LogP contribution in [0.5, 0.6) is 0 Å². The summed E-state index contributed by atoms with van der Waals surface area (Å²) in [5, 5.41) is 11.0. The minimum absolute atomic E-state index is 0.0171. The van der Waals surface area contributed by atoms with E-state index in [-0.39, 0.29) is 24.9 Å². The third kappa shape index (κ3) is 5.86. The molecule has 1 aromatic carbocycles. The monoisotopic (exact) mass is 482 g/mol. The number of benzene rings is 1. The van der Waals surface area contributed by atoms with Crippen molar-refractivity contribution < 1.29 is 29.0 Å². The molecule has 1 aliphatic carbocycles. The van der Waals surface area contributed by atoms with E-state index >= 15 is 0 Å². The molecule has 3 aliphatic rings. The lowest BCUT2D eigenvalue weighted by Gasteiger charge is -2.31. The SMILES string of the molecule is CC(C)C[C@@H](C(=O)O)N(NC(=O)CCC1=COC2CCOC2=C1)C(=O)c1cccc2c1CCCC2. The molecule has 2 aliphatic heterocycles. The van der Waals surface area contributed by atoms with Gasteiger partial charge in [0.15, 0.2) is 12.1 Å². The van der Waals surface area contributed by atoms with Crippen LogP contribution in [0.2, 0.25) is 0 Å². The summed E-state index contributed by atoms with van der Waals surface area (Å²) in [6.45, 7) is 4.41. The van der Waals surface area contributed by atoms with Gasteiger partial charge in [-0.3, -0.25) is 15.0 Å². The predicted octanol–water partition coefficient (Wildman–Crippen LogP) is 3.91. The van der Waals surface area contributed by atoms with Crippen LogP contribution in [-0.4, -0.2) is 46.7 Å². The molecule has 2 heterocycles. The first-order chi connectivity index (χ1) is 16.8. The normalized spacial score (nSPS) is 19.3. The van der Waals surface area contributed by atoms with Crippen LogP contribution in [0.15, 0.2) is 41.9 Å². The van der Waals surface area contributed by atoms with E-state index < -0.39 is 23.8 Å². The molecule has 2 atom stereocenters. The number of nitrogens with zero attached hydrogens (tertiary/aromatic N) is 1. The van der Waals surface area contributed by atoms with E-state index in [1.807, 2.05) is 32.1 Å². The van der Waals surface area contributed by atoms with Crippen molar-refractivity contribution >= 4 is 17.8 Å². The third-order valence-electron chi connectivity index (χ3n) is 6.70. The van der Waals surface area contributed by atoms with Crippen molar-refractivity contribution in [1.29, 1.82) is 0 Å². The summed E-state index contributed by atoms with van der Waals surface area (Å²) in [4.78, 5) is 38.8. The first-order valence-corrected chi connectivity index (χ1v) is 12.5. The van der Waals surface area contributed by atoms with Gasteiger partial charge in [-0.05, 0) is 73.3 Å². The molecule has 1 saturated heterocycles. The zero-order valence-corrected chi connectivity index (χ0v) is 20.4. The van der Waals surface area contributed by atoms with Crippen LogP contribution < -0.4 is 5.43 Å². The number of nitrogens with one attached hydrogen (secondary N) is 1. The number of amides is 2. The number of aliphatic carboxylic acids is 1. The standard InChI is InChI=1S/C27H34N2O6/c1-17(2)14-22(27(32)33)29(26(31)21-9-5-7-19-6-3-4-8-20(19)21)28-25(30)11-10-18-15-24-23(35-16-18)12-13-34-24/h5,7,9,15-17,22-23H,3-4,6,8,10-14H2,1-2H3,(H,28,30)(H,32,33)/t22-,23?/m0/s1. The highest BCUT2D eigenvalue weighted by Gasteiger charge is 2.34. The topological polar surface area (TPSA) is 105 Å².